The summed E-state index contributed by atoms with van der Waals surface area (Å²) in [6.07, 6.45) is 3.48. The van der Waals surface area contributed by atoms with Gasteiger partial charge in [-0.25, -0.2) is 4.98 Å². The Morgan fingerprint density at radius 2 is 2.23 bits per heavy atom. The lowest BCUT2D eigenvalue weighted by Crippen LogP contribution is -2.22. The molecular formula is C9H10N3O+. The molecule has 0 bridgehead atoms. The molecule has 4 heteroatoms. The van der Waals surface area contributed by atoms with Gasteiger partial charge in [-0.3, -0.25) is 4.79 Å². The van der Waals surface area contributed by atoms with Gasteiger partial charge in [-0.05, 0) is 5.56 Å². The number of pyridine rings is 1. The molecule has 66 valence electrons. The van der Waals surface area contributed by atoms with Crippen LogP contribution < -0.4 is 10.3 Å². The lowest BCUT2D eigenvalue weighted by Gasteiger charge is -1.99. The van der Waals surface area contributed by atoms with Crippen LogP contribution in [0.3, 0.4) is 0 Å². The van der Waals surface area contributed by atoms with Crippen molar-refractivity contribution in [3.05, 3.63) is 30.1 Å². The van der Waals surface area contributed by atoms with Gasteiger partial charge in [0.05, 0.1) is 6.07 Å². The van der Waals surface area contributed by atoms with Crippen molar-refractivity contribution in [2.75, 3.05) is 0 Å². The quantitative estimate of drug-likeness (QED) is 0.706. The van der Waals surface area contributed by atoms with Gasteiger partial charge in [0.15, 0.2) is 12.4 Å². The smallest absolute Gasteiger partial charge is 0.234 e. The van der Waals surface area contributed by atoms with Crippen molar-refractivity contribution < 1.29 is 9.78 Å². The van der Waals surface area contributed by atoms with Gasteiger partial charge >= 0.3 is 0 Å². The van der Waals surface area contributed by atoms with Crippen molar-refractivity contribution in [3.63, 3.8) is 0 Å². The van der Waals surface area contributed by atoms with E-state index in [9.17, 15) is 4.79 Å². The number of carbonyl (C=O) groups is 1. The molecule has 1 rings (SSSR count). The normalized spacial score (nSPS) is 8.85. The van der Waals surface area contributed by atoms with Crippen LogP contribution in [-0.4, -0.2) is 5.91 Å². The third kappa shape index (κ3) is 3.34. The zero-order valence-corrected chi connectivity index (χ0v) is 7.08. The number of aromatic nitrogens is 1. The summed E-state index contributed by atoms with van der Waals surface area (Å²) in [5.41, 5.74) is 1.00. The number of nitrogens with one attached hydrogen (secondary N) is 2. The fourth-order valence-electron chi connectivity index (χ4n) is 0.874. The minimum Gasteiger partial charge on any atom is -0.351 e. The molecule has 1 aromatic rings. The van der Waals surface area contributed by atoms with Crippen molar-refractivity contribution in [3.8, 4) is 6.07 Å². The van der Waals surface area contributed by atoms with Gasteiger partial charge in [0.1, 0.15) is 6.42 Å². The molecular weight excluding hydrogens is 166 g/mol. The number of carbonyl (C=O) groups excluding carboxylic acids is 1. The van der Waals surface area contributed by atoms with Crippen LogP contribution in [0.1, 0.15) is 12.0 Å². The summed E-state index contributed by atoms with van der Waals surface area (Å²) < 4.78 is 0. The number of amides is 1. The summed E-state index contributed by atoms with van der Waals surface area (Å²) in [5, 5.41) is 10.8. The second-order valence-electron chi connectivity index (χ2n) is 2.52. The fraction of sp³-hybridized carbons (Fsp3) is 0.222. The van der Waals surface area contributed by atoms with Gasteiger partial charge in [0.2, 0.25) is 5.91 Å². The second-order valence-corrected chi connectivity index (χ2v) is 2.52. The first kappa shape index (κ1) is 9.20. The predicted octanol–water partition coefficient (Wildman–Crippen LogP) is 0.0306. The molecule has 1 aromatic heterocycles. The van der Waals surface area contributed by atoms with E-state index in [1.54, 1.807) is 18.5 Å². The number of H-pyrrole nitrogens is 1. The predicted molar refractivity (Wildman–Crippen MR) is 45.1 cm³/mol. The Morgan fingerprint density at radius 1 is 1.54 bits per heavy atom. The van der Waals surface area contributed by atoms with E-state index in [-0.39, 0.29) is 12.3 Å². The Hall–Kier alpha value is -1.89. The number of aromatic amines is 1. The van der Waals surface area contributed by atoms with Crippen LogP contribution in [0.2, 0.25) is 0 Å². The van der Waals surface area contributed by atoms with Crippen LogP contribution in [0.5, 0.6) is 0 Å². The zero-order chi connectivity index (χ0) is 9.52. The summed E-state index contributed by atoms with van der Waals surface area (Å²) in [4.78, 5) is 13.8. The Balaban J connectivity index is 2.36. The van der Waals surface area contributed by atoms with E-state index in [1.165, 1.54) is 0 Å². The Bertz CT molecular complexity index is 315. The highest BCUT2D eigenvalue weighted by Crippen LogP contribution is 1.92. The maximum atomic E-state index is 10.9. The largest absolute Gasteiger partial charge is 0.351 e. The Labute approximate surface area is 76.2 Å². The molecule has 13 heavy (non-hydrogen) atoms. The topological polar surface area (TPSA) is 67.0 Å². The molecule has 0 aliphatic carbocycles. The van der Waals surface area contributed by atoms with E-state index in [0.717, 1.165) is 5.56 Å². The van der Waals surface area contributed by atoms with Crippen molar-refractivity contribution in [1.82, 2.24) is 5.32 Å². The van der Waals surface area contributed by atoms with Crippen molar-refractivity contribution in [2.45, 2.75) is 13.0 Å². The van der Waals surface area contributed by atoms with E-state index in [2.05, 4.69) is 10.3 Å². The van der Waals surface area contributed by atoms with Gasteiger partial charge in [-0.2, -0.15) is 5.26 Å². The van der Waals surface area contributed by atoms with Crippen LogP contribution in [0.15, 0.2) is 24.5 Å². The zero-order valence-electron chi connectivity index (χ0n) is 7.08. The van der Waals surface area contributed by atoms with Crippen molar-refractivity contribution >= 4 is 5.91 Å². The standard InChI is InChI=1S/C9H9N3O/c10-4-1-9(13)12-7-8-2-5-11-6-3-8/h2-3,5-6H,1,7H2,(H,12,13)/p+1. The molecule has 0 unspecified atom stereocenters. The van der Waals surface area contributed by atoms with Crippen LogP contribution in [0.25, 0.3) is 0 Å². The Morgan fingerprint density at radius 3 is 2.85 bits per heavy atom. The summed E-state index contributed by atoms with van der Waals surface area (Å²) >= 11 is 0. The van der Waals surface area contributed by atoms with E-state index < -0.39 is 0 Å². The number of hydrogen-bond donors (Lipinski definition) is 1. The first-order valence-electron chi connectivity index (χ1n) is 3.91. The second kappa shape index (κ2) is 4.88. The summed E-state index contributed by atoms with van der Waals surface area (Å²) in [6.45, 7) is 0.467. The monoisotopic (exact) mass is 176 g/mol. The average molecular weight is 176 g/mol. The molecule has 1 amide bonds. The highest BCUT2D eigenvalue weighted by molar-refractivity contribution is 5.77. The maximum Gasteiger partial charge on any atom is 0.234 e. The van der Waals surface area contributed by atoms with E-state index in [1.807, 2.05) is 12.1 Å². The molecule has 0 aliphatic rings. The van der Waals surface area contributed by atoms with Gasteiger partial charge in [0, 0.05) is 18.7 Å². The number of nitriles is 1. The summed E-state index contributed by atoms with van der Waals surface area (Å²) in [6, 6.07) is 5.52. The van der Waals surface area contributed by atoms with E-state index >= 15 is 0 Å². The van der Waals surface area contributed by atoms with Crippen LogP contribution >= 0.6 is 0 Å². The molecule has 0 fully saturated rings. The van der Waals surface area contributed by atoms with E-state index in [4.69, 9.17) is 5.26 Å². The average Bonchev–Trinajstić information content (AvgIpc) is 2.17. The first-order chi connectivity index (χ1) is 6.33. The van der Waals surface area contributed by atoms with Crippen LogP contribution in [0, 0.1) is 11.3 Å². The summed E-state index contributed by atoms with van der Waals surface area (Å²) in [7, 11) is 0. The molecule has 0 aliphatic heterocycles. The minimum absolute atomic E-state index is 0.0844. The molecule has 0 spiro atoms. The van der Waals surface area contributed by atoms with Crippen LogP contribution in [-0.2, 0) is 11.3 Å². The third-order valence-electron chi connectivity index (χ3n) is 1.52. The third-order valence-corrected chi connectivity index (χ3v) is 1.52. The van der Waals surface area contributed by atoms with E-state index in [0.29, 0.717) is 6.54 Å². The highest BCUT2D eigenvalue weighted by atomic mass is 16.1. The fourth-order valence-corrected chi connectivity index (χ4v) is 0.874. The molecule has 0 atom stereocenters. The lowest BCUT2D eigenvalue weighted by atomic mass is 10.2. The van der Waals surface area contributed by atoms with Gasteiger partial charge in [-0.1, -0.05) is 0 Å². The van der Waals surface area contributed by atoms with Crippen LogP contribution in [0.4, 0.5) is 0 Å². The first-order valence-corrected chi connectivity index (χ1v) is 3.91. The number of rotatable bonds is 3. The lowest BCUT2D eigenvalue weighted by molar-refractivity contribution is -0.378. The minimum atomic E-state index is -0.240. The van der Waals surface area contributed by atoms with Gasteiger partial charge < -0.3 is 5.32 Å². The SMILES string of the molecule is N#CCC(=O)NCc1cc[nH+]cc1. The maximum absolute atomic E-state index is 10.9. The molecule has 4 nitrogen and oxygen atoms in total. The molecule has 1 heterocycles. The Kier molecular flexibility index (Phi) is 3.45. The molecule has 0 radical (unpaired) electrons. The van der Waals surface area contributed by atoms with Gasteiger partial charge in [0.25, 0.3) is 0 Å². The van der Waals surface area contributed by atoms with Crippen molar-refractivity contribution in [1.29, 1.82) is 5.26 Å². The molecule has 2 N–H and O–H groups in total. The summed E-state index contributed by atoms with van der Waals surface area (Å²) in [5.74, 6) is -0.240. The molecule has 0 saturated heterocycles. The molecule has 0 saturated carbocycles. The highest BCUT2D eigenvalue weighted by Gasteiger charge is 1.99. The molecule has 0 aromatic carbocycles. The number of nitrogens with zero attached hydrogens (tertiary/aromatic N) is 1. The van der Waals surface area contributed by atoms with Gasteiger partial charge in [-0.15, -0.1) is 0 Å². The van der Waals surface area contributed by atoms with Crippen molar-refractivity contribution in [2.24, 2.45) is 0 Å². The number of hydrogen-bond acceptors (Lipinski definition) is 2.